The zero-order chi connectivity index (χ0) is 16.2. The highest BCUT2D eigenvalue weighted by Crippen LogP contribution is 2.33. The van der Waals surface area contributed by atoms with Gasteiger partial charge in [-0.3, -0.25) is 0 Å². The average molecular weight is 316 g/mol. The zero-order valence-electron chi connectivity index (χ0n) is 14.3. The number of hydrogen-bond donors (Lipinski definition) is 1. The first-order chi connectivity index (χ1) is 11.2. The van der Waals surface area contributed by atoms with Crippen LogP contribution in [0.1, 0.15) is 37.9 Å². The summed E-state index contributed by atoms with van der Waals surface area (Å²) in [4.78, 5) is 11.9. The Kier molecular flexibility index (Phi) is 5.16. The van der Waals surface area contributed by atoms with Gasteiger partial charge in [-0.2, -0.15) is 9.97 Å². The summed E-state index contributed by atoms with van der Waals surface area (Å²) in [6.07, 6.45) is 6.29. The maximum absolute atomic E-state index is 5.94. The third kappa shape index (κ3) is 3.66. The van der Waals surface area contributed by atoms with Crippen molar-refractivity contribution < 1.29 is 4.74 Å². The number of fused-ring (bicyclic) bond motifs is 1. The fourth-order valence-corrected chi connectivity index (χ4v) is 3.26. The predicted octanol–water partition coefficient (Wildman–Crippen LogP) is 2.35. The second-order valence-electron chi connectivity index (χ2n) is 6.57. The second-order valence-corrected chi connectivity index (χ2v) is 6.57. The molecule has 0 bridgehead atoms. The van der Waals surface area contributed by atoms with Crippen LogP contribution in [0.4, 0.5) is 5.82 Å². The van der Waals surface area contributed by atoms with Crippen LogP contribution in [0, 0.1) is 5.92 Å². The Labute approximate surface area is 139 Å². The highest BCUT2D eigenvalue weighted by Gasteiger charge is 2.26. The van der Waals surface area contributed by atoms with Crippen molar-refractivity contribution in [3.8, 4) is 6.01 Å². The zero-order valence-corrected chi connectivity index (χ0v) is 14.3. The normalized spacial score (nSPS) is 22.3. The molecule has 1 fully saturated rings. The average Bonchev–Trinajstić information content (AvgIpc) is 2.61. The van der Waals surface area contributed by atoms with Crippen LogP contribution in [-0.2, 0) is 12.8 Å². The minimum atomic E-state index is 0.141. The number of hydrogen-bond acceptors (Lipinski definition) is 5. The number of aromatic nitrogens is 2. The minimum absolute atomic E-state index is 0.141. The Morgan fingerprint density at radius 2 is 2.17 bits per heavy atom. The van der Waals surface area contributed by atoms with Gasteiger partial charge in [0.05, 0.1) is 11.8 Å². The Hall–Kier alpha value is -1.62. The number of rotatable bonds is 5. The van der Waals surface area contributed by atoms with E-state index in [4.69, 9.17) is 14.7 Å². The number of anilines is 1. The Balaban J connectivity index is 1.94. The van der Waals surface area contributed by atoms with Crippen molar-refractivity contribution in [2.75, 3.05) is 31.1 Å². The van der Waals surface area contributed by atoms with Crippen LogP contribution >= 0.6 is 0 Å². The number of ether oxygens (including phenoxy) is 1. The topological polar surface area (TPSA) is 50.3 Å². The molecule has 3 rings (SSSR count). The van der Waals surface area contributed by atoms with Gasteiger partial charge in [-0.05, 0) is 38.5 Å². The number of allylic oxidation sites excluding steroid dienone is 1. The number of nitrogens with one attached hydrogen (secondary N) is 1. The quantitative estimate of drug-likeness (QED) is 0.845. The lowest BCUT2D eigenvalue weighted by Crippen LogP contribution is -2.44. The van der Waals surface area contributed by atoms with E-state index >= 15 is 0 Å². The van der Waals surface area contributed by atoms with Crippen molar-refractivity contribution in [2.45, 2.75) is 45.6 Å². The van der Waals surface area contributed by atoms with E-state index in [0.29, 0.717) is 11.9 Å². The molecular formula is C18H28N4O. The van der Waals surface area contributed by atoms with E-state index < -0.39 is 0 Å². The molecule has 1 aliphatic carbocycles. The van der Waals surface area contributed by atoms with Gasteiger partial charge in [0, 0.05) is 31.7 Å². The van der Waals surface area contributed by atoms with Crippen LogP contribution in [0.25, 0.3) is 0 Å². The van der Waals surface area contributed by atoms with Crippen LogP contribution in [0.15, 0.2) is 12.7 Å². The van der Waals surface area contributed by atoms with E-state index in [-0.39, 0.29) is 6.10 Å². The van der Waals surface area contributed by atoms with E-state index in [9.17, 15) is 0 Å². The highest BCUT2D eigenvalue weighted by molar-refractivity contribution is 5.51. The van der Waals surface area contributed by atoms with Gasteiger partial charge in [-0.15, -0.1) is 6.58 Å². The summed E-state index contributed by atoms with van der Waals surface area (Å²) in [7, 11) is 0. The van der Waals surface area contributed by atoms with Gasteiger partial charge < -0.3 is 15.0 Å². The third-order valence-corrected chi connectivity index (χ3v) is 4.90. The molecule has 1 unspecified atom stereocenters. The minimum Gasteiger partial charge on any atom is -0.460 e. The predicted molar refractivity (Wildman–Crippen MR) is 93.2 cm³/mol. The summed E-state index contributed by atoms with van der Waals surface area (Å²) in [5, 5.41) is 3.41. The summed E-state index contributed by atoms with van der Waals surface area (Å²) in [5.74, 6) is 1.61. The molecule has 0 aromatic carbocycles. The standard InChI is InChI=1S/C18H28N4O/c1-4-13(3)23-18-20-16-12-14(5-2)6-7-15(16)17(21-18)22-10-8-19-9-11-22/h5,13-14,19H,2,4,6-12H2,1,3H3/t13-,14?/m1/s1. The lowest BCUT2D eigenvalue weighted by atomic mass is 9.87. The molecular weight excluding hydrogens is 288 g/mol. The van der Waals surface area contributed by atoms with E-state index in [1.54, 1.807) is 0 Å². The first-order valence-electron chi connectivity index (χ1n) is 8.86. The molecule has 1 saturated heterocycles. The monoisotopic (exact) mass is 316 g/mol. The van der Waals surface area contributed by atoms with Crippen molar-refractivity contribution in [3.63, 3.8) is 0 Å². The van der Waals surface area contributed by atoms with Crippen molar-refractivity contribution >= 4 is 5.82 Å². The van der Waals surface area contributed by atoms with E-state index in [1.165, 1.54) is 5.56 Å². The lowest BCUT2D eigenvalue weighted by Gasteiger charge is -2.33. The molecule has 1 N–H and O–H groups in total. The Morgan fingerprint density at radius 1 is 1.39 bits per heavy atom. The van der Waals surface area contributed by atoms with E-state index in [2.05, 4.69) is 36.7 Å². The first kappa shape index (κ1) is 16.2. The molecule has 0 amide bonds. The van der Waals surface area contributed by atoms with Crippen LogP contribution in [0.5, 0.6) is 6.01 Å². The molecule has 2 heterocycles. The molecule has 126 valence electrons. The summed E-state index contributed by atoms with van der Waals surface area (Å²) >= 11 is 0. The summed E-state index contributed by atoms with van der Waals surface area (Å²) < 4.78 is 5.94. The number of nitrogens with zero attached hydrogens (tertiary/aromatic N) is 3. The summed E-state index contributed by atoms with van der Waals surface area (Å²) in [6, 6.07) is 0.538. The highest BCUT2D eigenvalue weighted by atomic mass is 16.5. The van der Waals surface area contributed by atoms with E-state index in [0.717, 1.165) is 63.4 Å². The van der Waals surface area contributed by atoms with Gasteiger partial charge in [0.15, 0.2) is 0 Å². The molecule has 0 spiro atoms. The van der Waals surface area contributed by atoms with Gasteiger partial charge in [0.25, 0.3) is 0 Å². The maximum atomic E-state index is 5.94. The number of piperazine rings is 1. The van der Waals surface area contributed by atoms with Crippen molar-refractivity contribution in [1.29, 1.82) is 0 Å². The third-order valence-electron chi connectivity index (χ3n) is 4.90. The van der Waals surface area contributed by atoms with Gasteiger partial charge in [-0.25, -0.2) is 0 Å². The molecule has 1 aliphatic heterocycles. The van der Waals surface area contributed by atoms with Crippen LogP contribution < -0.4 is 15.0 Å². The molecule has 2 aliphatic rings. The van der Waals surface area contributed by atoms with Crippen LogP contribution in [0.2, 0.25) is 0 Å². The fourth-order valence-electron chi connectivity index (χ4n) is 3.26. The van der Waals surface area contributed by atoms with Crippen molar-refractivity contribution in [3.05, 3.63) is 23.9 Å². The second kappa shape index (κ2) is 7.30. The lowest BCUT2D eigenvalue weighted by molar-refractivity contribution is 0.198. The van der Waals surface area contributed by atoms with Crippen molar-refractivity contribution in [2.24, 2.45) is 5.92 Å². The molecule has 5 nitrogen and oxygen atoms in total. The summed E-state index contributed by atoms with van der Waals surface area (Å²) in [6.45, 7) is 12.2. The van der Waals surface area contributed by atoms with Crippen LogP contribution in [0.3, 0.4) is 0 Å². The maximum Gasteiger partial charge on any atom is 0.318 e. The van der Waals surface area contributed by atoms with E-state index in [1.807, 2.05) is 0 Å². The molecule has 0 saturated carbocycles. The van der Waals surface area contributed by atoms with Gasteiger partial charge in [-0.1, -0.05) is 13.0 Å². The Bertz CT molecular complexity index is 554. The first-order valence-corrected chi connectivity index (χ1v) is 8.86. The van der Waals surface area contributed by atoms with Crippen molar-refractivity contribution in [1.82, 2.24) is 15.3 Å². The smallest absolute Gasteiger partial charge is 0.318 e. The summed E-state index contributed by atoms with van der Waals surface area (Å²) in [5.41, 5.74) is 2.48. The Morgan fingerprint density at radius 3 is 2.87 bits per heavy atom. The molecule has 1 aromatic heterocycles. The fraction of sp³-hybridized carbons (Fsp3) is 0.667. The molecule has 2 atom stereocenters. The van der Waals surface area contributed by atoms with Gasteiger partial charge >= 0.3 is 6.01 Å². The molecule has 0 radical (unpaired) electrons. The molecule has 23 heavy (non-hydrogen) atoms. The molecule has 5 heteroatoms. The van der Waals surface area contributed by atoms with Gasteiger partial charge in [0.1, 0.15) is 5.82 Å². The SMILES string of the molecule is C=CC1CCc2c(nc(O[C@H](C)CC)nc2N2CCNCC2)C1. The van der Waals surface area contributed by atoms with Crippen LogP contribution in [-0.4, -0.2) is 42.3 Å². The van der Waals surface area contributed by atoms with Gasteiger partial charge in [0.2, 0.25) is 0 Å². The largest absolute Gasteiger partial charge is 0.460 e. The molecule has 1 aromatic rings.